The Morgan fingerprint density at radius 3 is 2.85 bits per heavy atom. The van der Waals surface area contributed by atoms with E-state index in [1.54, 1.807) is 19.2 Å². The van der Waals surface area contributed by atoms with Crippen LogP contribution < -0.4 is 5.32 Å². The molecule has 1 amide bonds. The number of halogens is 1. The van der Waals surface area contributed by atoms with Crippen molar-refractivity contribution in [3.05, 3.63) is 47.4 Å². The first-order valence-electron chi connectivity index (χ1n) is 6.46. The lowest BCUT2D eigenvalue weighted by Crippen LogP contribution is -2.20. The van der Waals surface area contributed by atoms with Crippen molar-refractivity contribution < 1.29 is 13.7 Å². The Bertz CT molecular complexity index is 624. The molecule has 0 aliphatic heterocycles. The minimum absolute atomic E-state index is 0.119. The zero-order valence-electron chi connectivity index (χ0n) is 11.0. The van der Waals surface area contributed by atoms with E-state index >= 15 is 0 Å². The van der Waals surface area contributed by atoms with Gasteiger partial charge in [0.1, 0.15) is 5.82 Å². The standard InChI is InChI=1S/C14H14FN3O2/c1-16-13(19)7-12-17-14(20-18-12)11-6-10(11)8-2-4-9(15)5-3-8/h2-5,10-11H,6-7H2,1H3,(H,16,19). The molecule has 0 spiro atoms. The first-order chi connectivity index (χ1) is 9.67. The average molecular weight is 275 g/mol. The zero-order valence-corrected chi connectivity index (χ0v) is 11.0. The van der Waals surface area contributed by atoms with E-state index in [1.807, 2.05) is 0 Å². The van der Waals surface area contributed by atoms with E-state index in [2.05, 4.69) is 15.5 Å². The smallest absolute Gasteiger partial charge is 0.230 e. The first kappa shape index (κ1) is 12.8. The molecule has 2 unspecified atom stereocenters. The number of nitrogens with zero attached hydrogens (tertiary/aromatic N) is 2. The summed E-state index contributed by atoms with van der Waals surface area (Å²) in [5.41, 5.74) is 1.07. The van der Waals surface area contributed by atoms with E-state index in [4.69, 9.17) is 4.52 Å². The van der Waals surface area contributed by atoms with Crippen molar-refractivity contribution in [2.75, 3.05) is 7.05 Å². The maximum absolute atomic E-state index is 12.9. The fourth-order valence-corrected chi connectivity index (χ4v) is 2.27. The summed E-state index contributed by atoms with van der Waals surface area (Å²) in [6.45, 7) is 0. The molecule has 1 aromatic carbocycles. The highest BCUT2D eigenvalue weighted by molar-refractivity contribution is 5.77. The third-order valence-electron chi connectivity index (χ3n) is 3.49. The largest absolute Gasteiger partial charge is 0.359 e. The van der Waals surface area contributed by atoms with Gasteiger partial charge in [-0.1, -0.05) is 17.3 Å². The molecule has 0 saturated heterocycles. The van der Waals surface area contributed by atoms with Crippen LogP contribution in [0.2, 0.25) is 0 Å². The highest BCUT2D eigenvalue weighted by atomic mass is 19.1. The molecule has 0 radical (unpaired) electrons. The molecule has 1 aromatic heterocycles. The van der Waals surface area contributed by atoms with Gasteiger partial charge in [-0.05, 0) is 30.0 Å². The molecule has 2 atom stereocenters. The van der Waals surface area contributed by atoms with Gasteiger partial charge in [-0.25, -0.2) is 4.39 Å². The van der Waals surface area contributed by atoms with Gasteiger partial charge in [-0.2, -0.15) is 4.98 Å². The number of carbonyl (C=O) groups excluding carboxylic acids is 1. The Hall–Kier alpha value is -2.24. The summed E-state index contributed by atoms with van der Waals surface area (Å²) in [6.07, 6.45) is 1.03. The van der Waals surface area contributed by atoms with E-state index in [0.29, 0.717) is 17.6 Å². The van der Waals surface area contributed by atoms with Crippen molar-refractivity contribution in [2.45, 2.75) is 24.7 Å². The number of amides is 1. The van der Waals surface area contributed by atoms with Crippen LogP contribution in [-0.4, -0.2) is 23.1 Å². The Morgan fingerprint density at radius 1 is 1.40 bits per heavy atom. The average Bonchev–Trinajstić information content (AvgIpc) is 3.12. The second-order valence-electron chi connectivity index (χ2n) is 4.90. The first-order valence-corrected chi connectivity index (χ1v) is 6.46. The van der Waals surface area contributed by atoms with Crippen molar-refractivity contribution in [1.82, 2.24) is 15.5 Å². The van der Waals surface area contributed by atoms with E-state index in [-0.39, 0.29) is 24.1 Å². The van der Waals surface area contributed by atoms with Gasteiger partial charge in [0.25, 0.3) is 0 Å². The number of nitrogens with one attached hydrogen (secondary N) is 1. The molecule has 1 aliphatic rings. The lowest BCUT2D eigenvalue weighted by Gasteiger charge is -1.97. The summed E-state index contributed by atoms with van der Waals surface area (Å²) in [5.74, 6) is 1.03. The number of aromatic nitrogens is 2. The van der Waals surface area contributed by atoms with Crippen LogP contribution >= 0.6 is 0 Å². The summed E-state index contributed by atoms with van der Waals surface area (Å²) >= 11 is 0. The molecular formula is C14H14FN3O2. The topological polar surface area (TPSA) is 68.0 Å². The SMILES string of the molecule is CNC(=O)Cc1noc(C2CC2c2ccc(F)cc2)n1. The van der Waals surface area contributed by atoms with Gasteiger partial charge in [0.15, 0.2) is 5.82 Å². The summed E-state index contributed by atoms with van der Waals surface area (Å²) in [5, 5.41) is 6.31. The maximum atomic E-state index is 12.9. The zero-order chi connectivity index (χ0) is 14.1. The van der Waals surface area contributed by atoms with E-state index in [0.717, 1.165) is 12.0 Å². The molecule has 1 fully saturated rings. The monoisotopic (exact) mass is 275 g/mol. The molecule has 2 aromatic rings. The van der Waals surface area contributed by atoms with Crippen molar-refractivity contribution in [3.63, 3.8) is 0 Å². The molecule has 5 nitrogen and oxygen atoms in total. The number of rotatable bonds is 4. The third-order valence-corrected chi connectivity index (χ3v) is 3.49. The second kappa shape index (κ2) is 5.03. The lowest BCUT2D eigenvalue weighted by molar-refractivity contribution is -0.120. The molecule has 1 aliphatic carbocycles. The predicted octanol–water partition coefficient (Wildman–Crippen LogP) is 1.77. The quantitative estimate of drug-likeness (QED) is 0.923. The van der Waals surface area contributed by atoms with E-state index in [1.165, 1.54) is 12.1 Å². The van der Waals surface area contributed by atoms with Gasteiger partial charge < -0.3 is 9.84 Å². The van der Waals surface area contributed by atoms with E-state index in [9.17, 15) is 9.18 Å². The number of hydrogen-bond acceptors (Lipinski definition) is 4. The Labute approximate surface area is 115 Å². The normalized spacial score (nSPS) is 20.7. The van der Waals surface area contributed by atoms with Crippen molar-refractivity contribution in [1.29, 1.82) is 0 Å². The van der Waals surface area contributed by atoms with Gasteiger partial charge in [-0.15, -0.1) is 0 Å². The van der Waals surface area contributed by atoms with Crippen LogP contribution in [0, 0.1) is 5.82 Å². The number of hydrogen-bond donors (Lipinski definition) is 1. The van der Waals surface area contributed by atoms with Crippen LogP contribution in [0.4, 0.5) is 4.39 Å². The molecule has 0 bridgehead atoms. The molecular weight excluding hydrogens is 261 g/mol. The molecule has 1 saturated carbocycles. The fourth-order valence-electron chi connectivity index (χ4n) is 2.27. The van der Waals surface area contributed by atoms with Gasteiger partial charge in [0.05, 0.1) is 6.42 Å². The minimum atomic E-state index is -0.239. The molecule has 3 rings (SSSR count). The van der Waals surface area contributed by atoms with Crippen LogP contribution in [0.5, 0.6) is 0 Å². The van der Waals surface area contributed by atoms with Crippen LogP contribution in [0.15, 0.2) is 28.8 Å². The Morgan fingerprint density at radius 2 is 2.15 bits per heavy atom. The lowest BCUT2D eigenvalue weighted by atomic mass is 10.1. The van der Waals surface area contributed by atoms with Gasteiger partial charge >= 0.3 is 0 Å². The maximum Gasteiger partial charge on any atom is 0.230 e. The summed E-state index contributed by atoms with van der Waals surface area (Å²) in [6, 6.07) is 6.47. The van der Waals surface area contributed by atoms with Gasteiger partial charge in [0.2, 0.25) is 11.8 Å². The van der Waals surface area contributed by atoms with Crippen molar-refractivity contribution in [2.24, 2.45) is 0 Å². The summed E-state index contributed by atoms with van der Waals surface area (Å²) in [4.78, 5) is 15.5. The van der Waals surface area contributed by atoms with Crippen LogP contribution in [-0.2, 0) is 11.2 Å². The summed E-state index contributed by atoms with van der Waals surface area (Å²) < 4.78 is 18.1. The van der Waals surface area contributed by atoms with Crippen LogP contribution in [0.25, 0.3) is 0 Å². The van der Waals surface area contributed by atoms with Crippen LogP contribution in [0.3, 0.4) is 0 Å². The fraction of sp³-hybridized carbons (Fsp3) is 0.357. The van der Waals surface area contributed by atoms with Gasteiger partial charge in [-0.3, -0.25) is 4.79 Å². The predicted molar refractivity (Wildman–Crippen MR) is 68.6 cm³/mol. The van der Waals surface area contributed by atoms with Crippen LogP contribution in [0.1, 0.15) is 35.5 Å². The van der Waals surface area contributed by atoms with Gasteiger partial charge in [0, 0.05) is 13.0 Å². The van der Waals surface area contributed by atoms with Crippen molar-refractivity contribution >= 4 is 5.91 Å². The summed E-state index contributed by atoms with van der Waals surface area (Å²) in [7, 11) is 1.56. The minimum Gasteiger partial charge on any atom is -0.359 e. The molecule has 1 N–H and O–H groups in total. The Balaban J connectivity index is 1.67. The number of benzene rings is 1. The Kier molecular flexibility index (Phi) is 3.22. The third kappa shape index (κ3) is 2.54. The second-order valence-corrected chi connectivity index (χ2v) is 4.90. The highest BCUT2D eigenvalue weighted by Crippen LogP contribution is 2.53. The number of likely N-dealkylation sites (N-methyl/N-ethyl adjacent to an activating group) is 1. The van der Waals surface area contributed by atoms with E-state index < -0.39 is 0 Å². The molecule has 6 heteroatoms. The number of carbonyl (C=O) groups is 1. The van der Waals surface area contributed by atoms with Crippen molar-refractivity contribution in [3.8, 4) is 0 Å². The molecule has 20 heavy (non-hydrogen) atoms. The molecule has 104 valence electrons. The molecule has 1 heterocycles. The highest BCUT2D eigenvalue weighted by Gasteiger charge is 2.43.